The minimum atomic E-state index is -3.24. The second kappa shape index (κ2) is 6.02. The summed E-state index contributed by atoms with van der Waals surface area (Å²) in [7, 11) is -3.24. The van der Waals surface area contributed by atoms with Crippen molar-refractivity contribution in [1.29, 1.82) is 0 Å². The van der Waals surface area contributed by atoms with Gasteiger partial charge < -0.3 is 4.74 Å². The van der Waals surface area contributed by atoms with Crippen LogP contribution in [0.1, 0.15) is 30.7 Å². The van der Waals surface area contributed by atoms with E-state index in [1.165, 1.54) is 6.07 Å². The number of benzene rings is 1. The van der Waals surface area contributed by atoms with Crippen molar-refractivity contribution in [2.45, 2.75) is 30.4 Å². The van der Waals surface area contributed by atoms with Gasteiger partial charge in [-0.3, -0.25) is 0 Å². The zero-order valence-electron chi connectivity index (χ0n) is 11.9. The van der Waals surface area contributed by atoms with Crippen LogP contribution in [-0.4, -0.2) is 44.3 Å². The summed E-state index contributed by atoms with van der Waals surface area (Å²) >= 11 is 0. The van der Waals surface area contributed by atoms with Gasteiger partial charge in [-0.15, -0.1) is 0 Å². The third-order valence-corrected chi connectivity index (χ3v) is 6.74. The largest absolute Gasteiger partial charge is 0.380 e. The summed E-state index contributed by atoms with van der Waals surface area (Å²) in [6, 6.07) is 6.62. The maximum Gasteiger partial charge on any atom is 0.219 e. The molecular formula is C15H20FNO3S. The van der Waals surface area contributed by atoms with E-state index < -0.39 is 10.0 Å². The molecule has 1 atom stereocenters. The molecule has 0 aliphatic carbocycles. The zero-order chi connectivity index (χ0) is 14.9. The molecule has 0 radical (unpaired) electrons. The van der Waals surface area contributed by atoms with E-state index in [4.69, 9.17) is 4.74 Å². The monoisotopic (exact) mass is 313 g/mol. The number of rotatable bonds is 3. The third-order valence-electron chi connectivity index (χ3n) is 4.44. The van der Waals surface area contributed by atoms with Gasteiger partial charge in [0.2, 0.25) is 10.0 Å². The van der Waals surface area contributed by atoms with Gasteiger partial charge in [0.15, 0.2) is 0 Å². The van der Waals surface area contributed by atoms with E-state index in [9.17, 15) is 12.8 Å². The predicted octanol–water partition coefficient (Wildman–Crippen LogP) is 2.12. The van der Waals surface area contributed by atoms with E-state index in [1.54, 1.807) is 16.4 Å². The lowest BCUT2D eigenvalue weighted by molar-refractivity contribution is 0.197. The molecule has 2 aliphatic heterocycles. The Hall–Kier alpha value is -0.980. The molecule has 0 N–H and O–H groups in total. The smallest absolute Gasteiger partial charge is 0.219 e. The van der Waals surface area contributed by atoms with E-state index in [0.29, 0.717) is 32.7 Å². The molecule has 2 saturated heterocycles. The van der Waals surface area contributed by atoms with E-state index in [1.807, 2.05) is 6.07 Å². The summed E-state index contributed by atoms with van der Waals surface area (Å²) in [5.41, 5.74) is 0.969. The number of hydrogen-bond acceptors (Lipinski definition) is 3. The summed E-state index contributed by atoms with van der Waals surface area (Å²) in [6.45, 7) is 1.87. The third kappa shape index (κ3) is 3.12. The molecular weight excluding hydrogens is 293 g/mol. The molecule has 2 fully saturated rings. The summed E-state index contributed by atoms with van der Waals surface area (Å²) in [5.74, 6) is 0.0117. The maximum absolute atomic E-state index is 13.3. The fraction of sp³-hybridized carbons (Fsp3) is 0.600. The number of nitrogens with zero attached hydrogens (tertiary/aromatic N) is 1. The molecule has 2 aliphatic rings. The number of hydrogen-bond donors (Lipinski definition) is 0. The highest BCUT2D eigenvalue weighted by Crippen LogP contribution is 2.31. The SMILES string of the molecule is O=S(=O)([C@H]1CCOC1)N1CCC(c2cccc(F)c2)CC1. The molecule has 21 heavy (non-hydrogen) atoms. The van der Waals surface area contributed by atoms with Crippen LogP contribution in [0.15, 0.2) is 24.3 Å². The Kier molecular flexibility index (Phi) is 4.28. The topological polar surface area (TPSA) is 46.6 Å². The molecule has 0 spiro atoms. The lowest BCUT2D eigenvalue weighted by Gasteiger charge is -2.32. The van der Waals surface area contributed by atoms with E-state index in [0.717, 1.165) is 18.4 Å². The molecule has 1 aromatic carbocycles. The maximum atomic E-state index is 13.3. The van der Waals surface area contributed by atoms with E-state index in [2.05, 4.69) is 0 Å². The molecule has 4 nitrogen and oxygen atoms in total. The van der Waals surface area contributed by atoms with Gasteiger partial charge in [0, 0.05) is 19.7 Å². The van der Waals surface area contributed by atoms with Gasteiger partial charge in [-0.05, 0) is 42.9 Å². The molecule has 1 aromatic rings. The van der Waals surface area contributed by atoms with Crippen molar-refractivity contribution in [3.05, 3.63) is 35.6 Å². The first-order valence-corrected chi connectivity index (χ1v) is 8.90. The molecule has 0 bridgehead atoms. The van der Waals surface area contributed by atoms with Crippen LogP contribution in [-0.2, 0) is 14.8 Å². The molecule has 0 aromatic heterocycles. The van der Waals surface area contributed by atoms with Crippen molar-refractivity contribution >= 4 is 10.0 Å². The van der Waals surface area contributed by atoms with Crippen molar-refractivity contribution in [2.24, 2.45) is 0 Å². The second-order valence-corrected chi connectivity index (χ2v) is 7.97. The van der Waals surface area contributed by atoms with Gasteiger partial charge in [-0.1, -0.05) is 12.1 Å². The highest BCUT2D eigenvalue weighted by atomic mass is 32.2. The fourth-order valence-corrected chi connectivity index (χ4v) is 4.97. The molecule has 116 valence electrons. The zero-order valence-corrected chi connectivity index (χ0v) is 12.7. The van der Waals surface area contributed by atoms with Crippen molar-refractivity contribution in [3.63, 3.8) is 0 Å². The van der Waals surface area contributed by atoms with Crippen LogP contribution in [0.2, 0.25) is 0 Å². The first kappa shape index (κ1) is 14.9. The molecule has 0 amide bonds. The van der Waals surface area contributed by atoms with Gasteiger partial charge in [-0.25, -0.2) is 17.1 Å². The standard InChI is InChI=1S/C15H20FNO3S/c16-14-3-1-2-13(10-14)12-4-7-17(8-5-12)21(18,19)15-6-9-20-11-15/h1-3,10,12,15H,4-9,11H2/t15-/m0/s1. The van der Waals surface area contributed by atoms with Gasteiger partial charge in [0.05, 0.1) is 6.61 Å². The Balaban J connectivity index is 1.65. The number of ether oxygens (including phenoxy) is 1. The summed E-state index contributed by atoms with van der Waals surface area (Å²) < 4.78 is 45.0. The first-order chi connectivity index (χ1) is 10.1. The summed E-state index contributed by atoms with van der Waals surface area (Å²) in [6.07, 6.45) is 2.08. The van der Waals surface area contributed by atoms with Crippen molar-refractivity contribution in [1.82, 2.24) is 4.31 Å². The molecule has 2 heterocycles. The van der Waals surface area contributed by atoms with Gasteiger partial charge in [-0.2, -0.15) is 0 Å². The highest BCUT2D eigenvalue weighted by molar-refractivity contribution is 7.89. The lowest BCUT2D eigenvalue weighted by atomic mass is 9.90. The average Bonchev–Trinajstić information content (AvgIpc) is 3.02. The van der Waals surface area contributed by atoms with Crippen molar-refractivity contribution < 1.29 is 17.5 Å². The van der Waals surface area contributed by atoms with Crippen LogP contribution in [0.5, 0.6) is 0 Å². The van der Waals surface area contributed by atoms with E-state index >= 15 is 0 Å². The predicted molar refractivity (Wildman–Crippen MR) is 78.1 cm³/mol. The fourth-order valence-electron chi connectivity index (χ4n) is 3.16. The Morgan fingerprint density at radius 2 is 1.95 bits per heavy atom. The van der Waals surface area contributed by atoms with Crippen molar-refractivity contribution in [2.75, 3.05) is 26.3 Å². The number of halogens is 1. The average molecular weight is 313 g/mol. The summed E-state index contributed by atoms with van der Waals surface area (Å²) in [4.78, 5) is 0. The highest BCUT2D eigenvalue weighted by Gasteiger charge is 2.36. The second-order valence-electron chi connectivity index (χ2n) is 5.76. The van der Waals surface area contributed by atoms with Crippen LogP contribution < -0.4 is 0 Å². The lowest BCUT2D eigenvalue weighted by Crippen LogP contribution is -2.43. The Morgan fingerprint density at radius 1 is 1.19 bits per heavy atom. The van der Waals surface area contributed by atoms with Crippen LogP contribution in [0.3, 0.4) is 0 Å². The summed E-state index contributed by atoms with van der Waals surface area (Å²) in [5, 5.41) is -0.386. The number of piperidine rings is 1. The quantitative estimate of drug-likeness (QED) is 0.859. The van der Waals surface area contributed by atoms with Crippen molar-refractivity contribution in [3.8, 4) is 0 Å². The Morgan fingerprint density at radius 3 is 2.57 bits per heavy atom. The Bertz CT molecular complexity index is 591. The number of sulfonamides is 1. The first-order valence-electron chi connectivity index (χ1n) is 7.39. The van der Waals surface area contributed by atoms with Crippen LogP contribution in [0.4, 0.5) is 4.39 Å². The van der Waals surface area contributed by atoms with Crippen LogP contribution >= 0.6 is 0 Å². The molecule has 3 rings (SSSR count). The minimum Gasteiger partial charge on any atom is -0.380 e. The van der Waals surface area contributed by atoms with Gasteiger partial charge >= 0.3 is 0 Å². The van der Waals surface area contributed by atoms with Crippen LogP contribution in [0, 0.1) is 5.82 Å². The van der Waals surface area contributed by atoms with Gasteiger partial charge in [0.1, 0.15) is 11.1 Å². The van der Waals surface area contributed by atoms with Crippen LogP contribution in [0.25, 0.3) is 0 Å². The van der Waals surface area contributed by atoms with Gasteiger partial charge in [0.25, 0.3) is 0 Å². The molecule has 0 saturated carbocycles. The Labute approximate surface area is 125 Å². The molecule has 0 unspecified atom stereocenters. The van der Waals surface area contributed by atoms with E-state index in [-0.39, 0.29) is 17.0 Å². The normalized spacial score (nSPS) is 25.3. The minimum absolute atomic E-state index is 0.231. The molecule has 6 heteroatoms.